The molecule has 0 aliphatic rings. The summed E-state index contributed by atoms with van der Waals surface area (Å²) in [5.74, 6) is 0.111. The van der Waals surface area contributed by atoms with Gasteiger partial charge in [0.25, 0.3) is 0 Å². The molecule has 94 valence electrons. The fraction of sp³-hybridized carbons (Fsp3) is 0.214. The molecular formula is C14H12BrClFN. The molecule has 0 amide bonds. The van der Waals surface area contributed by atoms with E-state index in [0.29, 0.717) is 17.9 Å². The van der Waals surface area contributed by atoms with Gasteiger partial charge in [0, 0.05) is 28.2 Å². The van der Waals surface area contributed by atoms with Gasteiger partial charge < -0.3 is 0 Å². The van der Waals surface area contributed by atoms with Crippen LogP contribution in [0.15, 0.2) is 47.1 Å². The third kappa shape index (κ3) is 3.30. The third-order valence-electron chi connectivity index (χ3n) is 2.78. The van der Waals surface area contributed by atoms with E-state index in [1.54, 1.807) is 18.3 Å². The van der Waals surface area contributed by atoms with Crippen LogP contribution in [0.3, 0.4) is 0 Å². The number of hydrogen-bond donors (Lipinski definition) is 0. The molecule has 0 aliphatic heterocycles. The first-order valence-corrected chi connectivity index (χ1v) is 6.94. The van der Waals surface area contributed by atoms with E-state index in [4.69, 9.17) is 11.6 Å². The molecular weight excluding hydrogens is 317 g/mol. The topological polar surface area (TPSA) is 12.9 Å². The molecule has 1 aromatic carbocycles. The number of alkyl halides is 1. The van der Waals surface area contributed by atoms with E-state index in [9.17, 15) is 4.39 Å². The van der Waals surface area contributed by atoms with E-state index < -0.39 is 0 Å². The van der Waals surface area contributed by atoms with Crippen LogP contribution in [0.4, 0.5) is 4.39 Å². The van der Waals surface area contributed by atoms with Crippen molar-refractivity contribution in [1.82, 2.24) is 4.98 Å². The number of halogens is 3. The molecule has 0 saturated carbocycles. The van der Waals surface area contributed by atoms with E-state index in [-0.39, 0.29) is 11.7 Å². The van der Waals surface area contributed by atoms with Gasteiger partial charge in [-0.05, 0) is 46.1 Å². The van der Waals surface area contributed by atoms with Gasteiger partial charge in [-0.1, -0.05) is 18.2 Å². The van der Waals surface area contributed by atoms with Gasteiger partial charge >= 0.3 is 0 Å². The normalized spacial score (nSPS) is 12.4. The largest absolute Gasteiger partial charge is 0.260 e. The second kappa shape index (κ2) is 6.30. The third-order valence-corrected chi connectivity index (χ3v) is 3.62. The quantitative estimate of drug-likeness (QED) is 0.750. The van der Waals surface area contributed by atoms with Crippen molar-refractivity contribution in [3.05, 3.63) is 64.1 Å². The molecule has 1 atom stereocenters. The second-order valence-corrected chi connectivity index (χ2v) is 5.27. The van der Waals surface area contributed by atoms with Crippen molar-refractivity contribution in [2.45, 2.75) is 12.3 Å². The SMILES string of the molecule is Fc1ccccc1C(CCl)Cc1ccc(Br)cn1. The van der Waals surface area contributed by atoms with Crippen LogP contribution in [0, 0.1) is 5.82 Å². The van der Waals surface area contributed by atoms with Crippen molar-refractivity contribution in [3.8, 4) is 0 Å². The Balaban J connectivity index is 2.20. The monoisotopic (exact) mass is 327 g/mol. The minimum atomic E-state index is -0.208. The Labute approximate surface area is 119 Å². The molecule has 0 spiro atoms. The molecule has 2 aromatic rings. The second-order valence-electron chi connectivity index (χ2n) is 4.04. The Hall–Kier alpha value is -0.930. The summed E-state index contributed by atoms with van der Waals surface area (Å²) in [6.07, 6.45) is 2.37. The Morgan fingerprint density at radius 2 is 2.00 bits per heavy atom. The highest BCUT2D eigenvalue weighted by molar-refractivity contribution is 9.10. The van der Waals surface area contributed by atoms with Gasteiger partial charge in [0.2, 0.25) is 0 Å². The summed E-state index contributed by atoms with van der Waals surface area (Å²) in [4.78, 5) is 4.29. The zero-order valence-corrected chi connectivity index (χ0v) is 12.0. The van der Waals surface area contributed by atoms with Crippen molar-refractivity contribution in [2.75, 3.05) is 5.88 Å². The van der Waals surface area contributed by atoms with Gasteiger partial charge in [0.05, 0.1) is 0 Å². The van der Waals surface area contributed by atoms with Gasteiger partial charge in [-0.25, -0.2) is 4.39 Å². The van der Waals surface area contributed by atoms with Gasteiger partial charge in [0.1, 0.15) is 5.82 Å². The number of rotatable bonds is 4. The van der Waals surface area contributed by atoms with E-state index in [2.05, 4.69) is 20.9 Å². The molecule has 1 heterocycles. The van der Waals surface area contributed by atoms with Crippen molar-refractivity contribution in [2.24, 2.45) is 0 Å². The fourth-order valence-corrected chi connectivity index (χ4v) is 2.34. The van der Waals surface area contributed by atoms with Crippen LogP contribution in [0.5, 0.6) is 0 Å². The van der Waals surface area contributed by atoms with Crippen molar-refractivity contribution >= 4 is 27.5 Å². The van der Waals surface area contributed by atoms with E-state index >= 15 is 0 Å². The number of pyridine rings is 1. The molecule has 0 aliphatic carbocycles. The minimum Gasteiger partial charge on any atom is -0.260 e. The highest BCUT2D eigenvalue weighted by Gasteiger charge is 2.15. The average molecular weight is 329 g/mol. The van der Waals surface area contributed by atoms with Gasteiger partial charge in [0.15, 0.2) is 0 Å². The highest BCUT2D eigenvalue weighted by atomic mass is 79.9. The summed E-state index contributed by atoms with van der Waals surface area (Å²) in [5, 5.41) is 0. The molecule has 2 rings (SSSR count). The molecule has 0 N–H and O–H groups in total. The first kappa shape index (κ1) is 13.5. The lowest BCUT2D eigenvalue weighted by Crippen LogP contribution is -2.08. The Morgan fingerprint density at radius 3 is 2.61 bits per heavy atom. The van der Waals surface area contributed by atoms with E-state index in [0.717, 1.165) is 10.2 Å². The number of aromatic nitrogens is 1. The number of hydrogen-bond acceptors (Lipinski definition) is 1. The Morgan fingerprint density at radius 1 is 1.22 bits per heavy atom. The molecule has 18 heavy (non-hydrogen) atoms. The zero-order chi connectivity index (χ0) is 13.0. The van der Waals surface area contributed by atoms with Crippen LogP contribution in [-0.4, -0.2) is 10.9 Å². The maximum absolute atomic E-state index is 13.7. The fourth-order valence-electron chi connectivity index (χ4n) is 1.83. The lowest BCUT2D eigenvalue weighted by molar-refractivity contribution is 0.587. The molecule has 0 fully saturated rings. The summed E-state index contributed by atoms with van der Waals surface area (Å²) >= 11 is 9.29. The van der Waals surface area contributed by atoms with Crippen LogP contribution in [-0.2, 0) is 6.42 Å². The molecule has 4 heteroatoms. The Kier molecular flexibility index (Phi) is 4.72. The lowest BCUT2D eigenvalue weighted by Gasteiger charge is -2.14. The van der Waals surface area contributed by atoms with E-state index in [1.165, 1.54) is 6.07 Å². The summed E-state index contributed by atoms with van der Waals surface area (Å²) in [7, 11) is 0. The lowest BCUT2D eigenvalue weighted by atomic mass is 9.95. The van der Waals surface area contributed by atoms with E-state index in [1.807, 2.05) is 18.2 Å². The first-order valence-electron chi connectivity index (χ1n) is 5.61. The first-order chi connectivity index (χ1) is 8.70. The summed E-state index contributed by atoms with van der Waals surface area (Å²) in [5.41, 5.74) is 1.56. The van der Waals surface area contributed by atoms with Crippen LogP contribution in [0.25, 0.3) is 0 Å². The van der Waals surface area contributed by atoms with Crippen molar-refractivity contribution in [3.63, 3.8) is 0 Å². The van der Waals surface area contributed by atoms with Crippen LogP contribution in [0.1, 0.15) is 17.2 Å². The molecule has 1 nitrogen and oxygen atoms in total. The summed E-state index contributed by atoms with van der Waals surface area (Å²) in [6.45, 7) is 0. The standard InChI is InChI=1S/C14H12BrClFN/c15-11-5-6-12(18-9-11)7-10(8-16)13-3-1-2-4-14(13)17/h1-6,9-10H,7-8H2. The smallest absolute Gasteiger partial charge is 0.126 e. The molecule has 0 radical (unpaired) electrons. The van der Waals surface area contributed by atoms with Crippen LogP contribution >= 0.6 is 27.5 Å². The van der Waals surface area contributed by atoms with Crippen LogP contribution < -0.4 is 0 Å². The summed E-state index contributed by atoms with van der Waals surface area (Å²) in [6, 6.07) is 10.6. The zero-order valence-electron chi connectivity index (χ0n) is 9.61. The maximum Gasteiger partial charge on any atom is 0.126 e. The Bertz CT molecular complexity index is 515. The molecule has 1 unspecified atom stereocenters. The number of benzene rings is 1. The predicted octanol–water partition coefficient (Wildman–Crippen LogP) is 4.55. The average Bonchev–Trinajstić information content (AvgIpc) is 2.39. The summed E-state index contributed by atoms with van der Waals surface area (Å²) < 4.78 is 14.6. The molecule has 1 aromatic heterocycles. The molecule has 0 bridgehead atoms. The minimum absolute atomic E-state index is 0.0541. The maximum atomic E-state index is 13.7. The van der Waals surface area contributed by atoms with Gasteiger partial charge in [-0.3, -0.25) is 4.98 Å². The van der Waals surface area contributed by atoms with Crippen LogP contribution in [0.2, 0.25) is 0 Å². The van der Waals surface area contributed by atoms with Gasteiger partial charge in [-0.2, -0.15) is 0 Å². The van der Waals surface area contributed by atoms with Crippen molar-refractivity contribution in [1.29, 1.82) is 0 Å². The highest BCUT2D eigenvalue weighted by Crippen LogP contribution is 2.24. The molecule has 0 saturated heterocycles. The predicted molar refractivity (Wildman–Crippen MR) is 75.5 cm³/mol. The van der Waals surface area contributed by atoms with Gasteiger partial charge in [-0.15, -0.1) is 11.6 Å². The number of nitrogens with zero attached hydrogens (tertiary/aromatic N) is 1. The van der Waals surface area contributed by atoms with Crippen molar-refractivity contribution < 1.29 is 4.39 Å².